The Morgan fingerprint density at radius 3 is 2.80 bits per heavy atom. The Labute approximate surface area is 89.4 Å². The SMILES string of the molecule is CC1(C)CCCC1C1OC=C(C(N)=O)O1. The van der Waals surface area contributed by atoms with E-state index in [1.807, 2.05) is 0 Å². The van der Waals surface area contributed by atoms with Crippen molar-refractivity contribution in [2.24, 2.45) is 17.1 Å². The van der Waals surface area contributed by atoms with E-state index in [1.54, 1.807) is 0 Å². The molecular formula is C11H17NO3. The molecule has 0 aromatic heterocycles. The third-order valence-electron chi connectivity index (χ3n) is 3.46. The molecule has 2 rings (SSSR count). The van der Waals surface area contributed by atoms with Gasteiger partial charge in [0.2, 0.25) is 12.0 Å². The minimum atomic E-state index is -0.562. The Bertz CT molecular complexity index is 309. The topological polar surface area (TPSA) is 61.5 Å². The zero-order valence-electron chi connectivity index (χ0n) is 9.16. The van der Waals surface area contributed by atoms with Gasteiger partial charge in [-0.1, -0.05) is 20.3 Å². The molecule has 1 saturated carbocycles. The van der Waals surface area contributed by atoms with Crippen molar-refractivity contribution >= 4 is 5.91 Å². The van der Waals surface area contributed by atoms with E-state index in [0.717, 1.165) is 6.42 Å². The number of primary amides is 1. The lowest BCUT2D eigenvalue weighted by atomic mass is 9.81. The standard InChI is InChI=1S/C11H17NO3/c1-11(2)5-3-4-7(11)10-14-6-8(15-10)9(12)13/h6-7,10H,3-5H2,1-2H3,(H2,12,13). The first kappa shape index (κ1) is 10.3. The maximum atomic E-state index is 10.9. The number of hydrogen-bond donors (Lipinski definition) is 1. The number of carbonyl (C=O) groups is 1. The third-order valence-corrected chi connectivity index (χ3v) is 3.46. The molecule has 2 unspecified atom stereocenters. The minimum absolute atomic E-state index is 0.141. The Balaban J connectivity index is 2.01. The van der Waals surface area contributed by atoms with Crippen LogP contribution < -0.4 is 5.73 Å². The highest BCUT2D eigenvalue weighted by molar-refractivity contribution is 5.89. The van der Waals surface area contributed by atoms with Gasteiger partial charge in [0.15, 0.2) is 0 Å². The summed E-state index contributed by atoms with van der Waals surface area (Å²) in [6.45, 7) is 4.42. The summed E-state index contributed by atoms with van der Waals surface area (Å²) >= 11 is 0. The van der Waals surface area contributed by atoms with Gasteiger partial charge in [0.05, 0.1) is 0 Å². The molecule has 2 N–H and O–H groups in total. The molecule has 4 nitrogen and oxygen atoms in total. The summed E-state index contributed by atoms with van der Waals surface area (Å²) in [6.07, 6.45) is 4.45. The molecule has 0 aromatic carbocycles. The number of amides is 1. The first-order valence-corrected chi connectivity index (χ1v) is 5.33. The van der Waals surface area contributed by atoms with Gasteiger partial charge in [-0.25, -0.2) is 0 Å². The van der Waals surface area contributed by atoms with E-state index in [-0.39, 0.29) is 17.5 Å². The molecule has 1 fully saturated rings. The number of rotatable bonds is 2. The summed E-state index contributed by atoms with van der Waals surface area (Å²) in [5, 5.41) is 0. The van der Waals surface area contributed by atoms with Crippen LogP contribution in [0.25, 0.3) is 0 Å². The van der Waals surface area contributed by atoms with Crippen LogP contribution in [0.2, 0.25) is 0 Å². The Morgan fingerprint density at radius 2 is 2.33 bits per heavy atom. The molecule has 1 amide bonds. The summed E-state index contributed by atoms with van der Waals surface area (Å²) in [5.74, 6) is -0.0818. The van der Waals surface area contributed by atoms with Crippen molar-refractivity contribution in [1.82, 2.24) is 0 Å². The predicted octanol–water partition coefficient (Wildman–Crippen LogP) is 1.51. The Hall–Kier alpha value is -1.19. The molecule has 0 radical (unpaired) electrons. The van der Waals surface area contributed by atoms with Crippen molar-refractivity contribution in [2.75, 3.05) is 0 Å². The van der Waals surface area contributed by atoms with Gasteiger partial charge < -0.3 is 15.2 Å². The molecule has 1 aliphatic heterocycles. The van der Waals surface area contributed by atoms with Gasteiger partial charge >= 0.3 is 0 Å². The van der Waals surface area contributed by atoms with Gasteiger partial charge in [-0.2, -0.15) is 0 Å². The monoisotopic (exact) mass is 211 g/mol. The number of ether oxygens (including phenoxy) is 2. The van der Waals surface area contributed by atoms with Crippen LogP contribution in [0, 0.1) is 11.3 Å². The smallest absolute Gasteiger partial charge is 0.287 e. The van der Waals surface area contributed by atoms with E-state index in [2.05, 4.69) is 13.8 Å². The van der Waals surface area contributed by atoms with Gasteiger partial charge in [-0.15, -0.1) is 0 Å². The van der Waals surface area contributed by atoms with Crippen molar-refractivity contribution < 1.29 is 14.3 Å². The zero-order valence-corrected chi connectivity index (χ0v) is 9.16. The molecule has 1 aliphatic carbocycles. The lowest BCUT2D eigenvalue weighted by Gasteiger charge is -2.30. The maximum absolute atomic E-state index is 10.9. The lowest BCUT2D eigenvalue weighted by Crippen LogP contribution is -2.31. The molecule has 15 heavy (non-hydrogen) atoms. The largest absolute Gasteiger partial charge is 0.458 e. The summed E-state index contributed by atoms with van der Waals surface area (Å²) in [5.41, 5.74) is 5.33. The van der Waals surface area contributed by atoms with E-state index in [0.29, 0.717) is 5.92 Å². The molecule has 4 heteroatoms. The second-order valence-electron chi connectivity index (χ2n) is 4.96. The van der Waals surface area contributed by atoms with Crippen molar-refractivity contribution in [3.8, 4) is 0 Å². The van der Waals surface area contributed by atoms with Gasteiger partial charge in [0, 0.05) is 5.92 Å². The second kappa shape index (κ2) is 3.43. The fourth-order valence-electron chi connectivity index (χ4n) is 2.46. The molecular weight excluding hydrogens is 194 g/mol. The molecule has 2 atom stereocenters. The first-order valence-electron chi connectivity index (χ1n) is 5.33. The highest BCUT2D eigenvalue weighted by Gasteiger charge is 2.44. The van der Waals surface area contributed by atoms with Gasteiger partial charge in [0.25, 0.3) is 5.91 Å². The second-order valence-corrected chi connectivity index (χ2v) is 4.96. The molecule has 2 aliphatic rings. The molecule has 84 valence electrons. The third kappa shape index (κ3) is 1.80. The van der Waals surface area contributed by atoms with E-state index in [4.69, 9.17) is 15.2 Å². The number of nitrogens with two attached hydrogens (primary N) is 1. The predicted molar refractivity (Wildman–Crippen MR) is 54.4 cm³/mol. The molecule has 1 heterocycles. The fourth-order valence-corrected chi connectivity index (χ4v) is 2.46. The maximum Gasteiger partial charge on any atom is 0.287 e. The van der Waals surface area contributed by atoms with Crippen molar-refractivity contribution in [2.45, 2.75) is 39.4 Å². The lowest BCUT2D eigenvalue weighted by molar-refractivity contribution is -0.127. The quantitative estimate of drug-likeness (QED) is 0.753. The van der Waals surface area contributed by atoms with Crippen LogP contribution in [-0.2, 0) is 14.3 Å². The van der Waals surface area contributed by atoms with Crippen LogP contribution in [0.4, 0.5) is 0 Å². The van der Waals surface area contributed by atoms with E-state index < -0.39 is 5.91 Å². The summed E-state index contributed by atoms with van der Waals surface area (Å²) in [6, 6.07) is 0. The fraction of sp³-hybridized carbons (Fsp3) is 0.727. The van der Waals surface area contributed by atoms with E-state index >= 15 is 0 Å². The van der Waals surface area contributed by atoms with Crippen molar-refractivity contribution in [1.29, 1.82) is 0 Å². The van der Waals surface area contributed by atoms with Crippen LogP contribution >= 0.6 is 0 Å². The summed E-state index contributed by atoms with van der Waals surface area (Å²) in [4.78, 5) is 10.9. The van der Waals surface area contributed by atoms with Crippen molar-refractivity contribution in [3.63, 3.8) is 0 Å². The van der Waals surface area contributed by atoms with Gasteiger partial charge in [-0.3, -0.25) is 4.79 Å². The summed E-state index contributed by atoms with van der Waals surface area (Å²) in [7, 11) is 0. The normalized spacial score (nSPS) is 33.1. The Kier molecular flexibility index (Phi) is 2.37. The van der Waals surface area contributed by atoms with Crippen molar-refractivity contribution in [3.05, 3.63) is 12.0 Å². The van der Waals surface area contributed by atoms with E-state index in [1.165, 1.54) is 19.1 Å². The van der Waals surface area contributed by atoms with Gasteiger partial charge in [0.1, 0.15) is 6.26 Å². The zero-order chi connectivity index (χ0) is 11.1. The molecule has 0 aromatic rings. The first-order chi connectivity index (χ1) is 7.00. The average molecular weight is 211 g/mol. The minimum Gasteiger partial charge on any atom is -0.458 e. The van der Waals surface area contributed by atoms with Crippen LogP contribution in [-0.4, -0.2) is 12.2 Å². The molecule has 0 saturated heterocycles. The van der Waals surface area contributed by atoms with Crippen LogP contribution in [0.5, 0.6) is 0 Å². The Morgan fingerprint density at radius 1 is 1.60 bits per heavy atom. The average Bonchev–Trinajstić information content (AvgIpc) is 2.69. The number of carbonyl (C=O) groups excluding carboxylic acids is 1. The highest BCUT2D eigenvalue weighted by Crippen LogP contribution is 2.46. The van der Waals surface area contributed by atoms with Crippen LogP contribution in [0.15, 0.2) is 12.0 Å². The number of hydrogen-bond acceptors (Lipinski definition) is 3. The highest BCUT2D eigenvalue weighted by atomic mass is 16.7. The van der Waals surface area contributed by atoms with E-state index in [9.17, 15) is 4.79 Å². The molecule has 0 spiro atoms. The van der Waals surface area contributed by atoms with Gasteiger partial charge in [-0.05, 0) is 18.3 Å². The van der Waals surface area contributed by atoms with Crippen LogP contribution in [0.3, 0.4) is 0 Å². The summed E-state index contributed by atoms with van der Waals surface area (Å²) < 4.78 is 10.8. The molecule has 0 bridgehead atoms. The van der Waals surface area contributed by atoms with Crippen LogP contribution in [0.1, 0.15) is 33.1 Å².